The summed E-state index contributed by atoms with van der Waals surface area (Å²) in [6.45, 7) is 5.02. The SMILES string of the molecule is CCC[C@H](C)NC(=O)[C@H]1CCCN(C(=O)c2ccc(S(=O)(=O)N(C)OC)cc2)C1. The highest BCUT2D eigenvalue weighted by Gasteiger charge is 2.30. The molecule has 1 heterocycles. The summed E-state index contributed by atoms with van der Waals surface area (Å²) >= 11 is 0. The van der Waals surface area contributed by atoms with Crippen molar-refractivity contribution in [3.8, 4) is 0 Å². The molecule has 2 amide bonds. The Kier molecular flexibility index (Phi) is 8.18. The third kappa shape index (κ3) is 5.77. The van der Waals surface area contributed by atoms with E-state index in [1.165, 1.54) is 38.4 Å². The van der Waals surface area contributed by atoms with E-state index in [1.807, 2.05) is 6.92 Å². The second-order valence-corrected chi connectivity index (χ2v) is 9.35. The molecule has 1 saturated heterocycles. The number of carbonyl (C=O) groups excluding carboxylic acids is 2. The summed E-state index contributed by atoms with van der Waals surface area (Å²) < 4.78 is 25.3. The molecule has 1 aliphatic rings. The molecule has 1 aliphatic heterocycles. The molecule has 29 heavy (non-hydrogen) atoms. The van der Waals surface area contributed by atoms with Crippen LogP contribution in [0.1, 0.15) is 49.9 Å². The molecule has 9 heteroatoms. The number of amides is 2. The zero-order chi connectivity index (χ0) is 21.6. The van der Waals surface area contributed by atoms with Crippen molar-refractivity contribution in [1.29, 1.82) is 0 Å². The molecule has 0 aromatic heterocycles. The first-order chi connectivity index (χ1) is 13.7. The van der Waals surface area contributed by atoms with Gasteiger partial charge in [0.1, 0.15) is 0 Å². The topological polar surface area (TPSA) is 96.0 Å². The normalized spacial score (nSPS) is 18.5. The van der Waals surface area contributed by atoms with Crippen molar-refractivity contribution >= 4 is 21.8 Å². The van der Waals surface area contributed by atoms with Gasteiger partial charge in [0.25, 0.3) is 15.9 Å². The minimum atomic E-state index is -3.76. The molecule has 2 atom stereocenters. The van der Waals surface area contributed by atoms with Crippen LogP contribution in [-0.4, -0.2) is 62.9 Å². The summed E-state index contributed by atoms with van der Waals surface area (Å²) in [5.41, 5.74) is 0.393. The molecular weight excluding hydrogens is 394 g/mol. The summed E-state index contributed by atoms with van der Waals surface area (Å²) in [4.78, 5) is 31.8. The Morgan fingerprint density at radius 3 is 2.55 bits per heavy atom. The van der Waals surface area contributed by atoms with Gasteiger partial charge >= 0.3 is 0 Å². The quantitative estimate of drug-likeness (QED) is 0.643. The molecule has 162 valence electrons. The summed E-state index contributed by atoms with van der Waals surface area (Å²) in [5, 5.41) is 3.03. The summed E-state index contributed by atoms with van der Waals surface area (Å²) in [6, 6.07) is 5.88. The van der Waals surface area contributed by atoms with E-state index in [-0.39, 0.29) is 28.7 Å². The third-order valence-corrected chi connectivity index (χ3v) is 6.88. The van der Waals surface area contributed by atoms with Gasteiger partial charge in [0, 0.05) is 31.7 Å². The van der Waals surface area contributed by atoms with E-state index >= 15 is 0 Å². The van der Waals surface area contributed by atoms with Crippen LogP contribution < -0.4 is 5.32 Å². The molecule has 0 saturated carbocycles. The maximum absolute atomic E-state index is 12.9. The summed E-state index contributed by atoms with van der Waals surface area (Å²) in [6.07, 6.45) is 3.45. The second-order valence-electron chi connectivity index (χ2n) is 7.41. The van der Waals surface area contributed by atoms with Crippen LogP contribution in [-0.2, 0) is 19.7 Å². The first-order valence-electron chi connectivity index (χ1n) is 9.93. The van der Waals surface area contributed by atoms with Crippen molar-refractivity contribution in [3.05, 3.63) is 29.8 Å². The Morgan fingerprint density at radius 2 is 1.97 bits per heavy atom. The van der Waals surface area contributed by atoms with E-state index < -0.39 is 10.0 Å². The lowest BCUT2D eigenvalue weighted by atomic mass is 9.96. The first-order valence-corrected chi connectivity index (χ1v) is 11.4. The highest BCUT2D eigenvalue weighted by atomic mass is 32.2. The van der Waals surface area contributed by atoms with Crippen LogP contribution in [0.2, 0.25) is 0 Å². The molecule has 0 unspecified atom stereocenters. The third-order valence-electron chi connectivity index (χ3n) is 5.18. The largest absolute Gasteiger partial charge is 0.353 e. The van der Waals surface area contributed by atoms with Gasteiger partial charge in [-0.2, -0.15) is 0 Å². The van der Waals surface area contributed by atoms with Crippen LogP contribution >= 0.6 is 0 Å². The van der Waals surface area contributed by atoms with Crippen LogP contribution in [0.4, 0.5) is 0 Å². The number of hydroxylamine groups is 1. The van der Waals surface area contributed by atoms with Crippen LogP contribution in [0.3, 0.4) is 0 Å². The number of sulfonamides is 1. The van der Waals surface area contributed by atoms with Crippen LogP contribution in [0.5, 0.6) is 0 Å². The van der Waals surface area contributed by atoms with Crippen LogP contribution in [0, 0.1) is 5.92 Å². The number of nitrogens with one attached hydrogen (secondary N) is 1. The molecule has 1 aromatic rings. The molecule has 1 fully saturated rings. The highest BCUT2D eigenvalue weighted by molar-refractivity contribution is 7.89. The van der Waals surface area contributed by atoms with E-state index in [0.29, 0.717) is 18.7 Å². The van der Waals surface area contributed by atoms with E-state index in [9.17, 15) is 18.0 Å². The molecular formula is C20H31N3O5S. The summed E-state index contributed by atoms with van der Waals surface area (Å²) in [5.74, 6) is -0.428. The minimum Gasteiger partial charge on any atom is -0.353 e. The highest BCUT2D eigenvalue weighted by Crippen LogP contribution is 2.21. The smallest absolute Gasteiger partial charge is 0.264 e. The average molecular weight is 426 g/mol. The number of hydrogen-bond acceptors (Lipinski definition) is 5. The number of nitrogens with zero attached hydrogens (tertiary/aromatic N) is 2. The monoisotopic (exact) mass is 425 g/mol. The van der Waals surface area contributed by atoms with Crippen molar-refractivity contribution in [2.75, 3.05) is 27.2 Å². The molecule has 2 rings (SSSR count). The predicted octanol–water partition coefficient (Wildman–Crippen LogP) is 2.03. The molecule has 1 aromatic carbocycles. The van der Waals surface area contributed by atoms with Crippen molar-refractivity contribution in [3.63, 3.8) is 0 Å². The van der Waals surface area contributed by atoms with Gasteiger partial charge in [-0.1, -0.05) is 17.8 Å². The van der Waals surface area contributed by atoms with Gasteiger partial charge < -0.3 is 10.2 Å². The van der Waals surface area contributed by atoms with E-state index in [2.05, 4.69) is 12.2 Å². The molecule has 0 bridgehead atoms. The van der Waals surface area contributed by atoms with Gasteiger partial charge in [0.05, 0.1) is 17.9 Å². The Hall–Kier alpha value is -1.97. The maximum atomic E-state index is 12.9. The Labute approximate surface area is 173 Å². The number of rotatable bonds is 8. The molecule has 0 spiro atoms. The Bertz CT molecular complexity index is 810. The standard InChI is InChI=1S/C20H31N3O5S/c1-5-7-15(2)21-19(24)17-8-6-13-23(14-17)20(25)16-9-11-18(12-10-16)29(26,27)22(3)28-4/h9-12,15,17H,5-8,13-14H2,1-4H3,(H,21,24)/t15-,17-/m0/s1. The number of benzene rings is 1. The van der Waals surface area contributed by atoms with E-state index in [4.69, 9.17) is 4.84 Å². The number of piperidine rings is 1. The fourth-order valence-corrected chi connectivity index (χ4v) is 4.41. The second kappa shape index (κ2) is 10.2. The molecule has 0 aliphatic carbocycles. The number of carbonyl (C=O) groups is 2. The number of likely N-dealkylation sites (tertiary alicyclic amines) is 1. The molecule has 8 nitrogen and oxygen atoms in total. The Morgan fingerprint density at radius 1 is 1.31 bits per heavy atom. The lowest BCUT2D eigenvalue weighted by Crippen LogP contribution is -2.47. The Balaban J connectivity index is 2.05. The minimum absolute atomic E-state index is 0.00695. The fraction of sp³-hybridized carbons (Fsp3) is 0.600. The van der Waals surface area contributed by atoms with Crippen LogP contribution in [0.15, 0.2) is 29.2 Å². The van der Waals surface area contributed by atoms with Gasteiger partial charge in [-0.15, -0.1) is 0 Å². The molecule has 1 N–H and O–H groups in total. The van der Waals surface area contributed by atoms with E-state index in [1.54, 1.807) is 4.90 Å². The fourth-order valence-electron chi connectivity index (χ4n) is 3.44. The average Bonchev–Trinajstić information content (AvgIpc) is 2.72. The zero-order valence-electron chi connectivity index (χ0n) is 17.6. The van der Waals surface area contributed by atoms with Gasteiger partial charge in [-0.25, -0.2) is 8.42 Å². The lowest BCUT2D eigenvalue weighted by molar-refractivity contribution is -0.127. The van der Waals surface area contributed by atoms with Gasteiger partial charge in [0.15, 0.2) is 0 Å². The zero-order valence-corrected chi connectivity index (χ0v) is 18.4. The molecule has 0 radical (unpaired) electrons. The number of hydrogen-bond donors (Lipinski definition) is 1. The van der Waals surface area contributed by atoms with Crippen LogP contribution in [0.25, 0.3) is 0 Å². The van der Waals surface area contributed by atoms with Gasteiger partial charge in [-0.05, 0) is 50.5 Å². The van der Waals surface area contributed by atoms with Crippen molar-refractivity contribution < 1.29 is 22.8 Å². The maximum Gasteiger partial charge on any atom is 0.264 e. The van der Waals surface area contributed by atoms with Gasteiger partial charge in [-0.3, -0.25) is 14.4 Å². The van der Waals surface area contributed by atoms with Crippen molar-refractivity contribution in [2.24, 2.45) is 5.92 Å². The van der Waals surface area contributed by atoms with E-state index in [0.717, 1.165) is 30.2 Å². The lowest BCUT2D eigenvalue weighted by Gasteiger charge is -2.32. The van der Waals surface area contributed by atoms with Gasteiger partial charge in [0.2, 0.25) is 5.91 Å². The predicted molar refractivity (Wildman–Crippen MR) is 110 cm³/mol. The summed E-state index contributed by atoms with van der Waals surface area (Å²) in [7, 11) is -1.19. The van der Waals surface area contributed by atoms with Crippen molar-refractivity contribution in [2.45, 2.75) is 50.5 Å². The first kappa shape index (κ1) is 23.3. The van der Waals surface area contributed by atoms with Crippen molar-refractivity contribution in [1.82, 2.24) is 14.7 Å².